The van der Waals surface area contributed by atoms with Gasteiger partial charge in [-0.2, -0.15) is 26.3 Å². The molecule has 66 heavy (non-hydrogen) atoms. The Morgan fingerprint density at radius 3 is 1.39 bits per heavy atom. The van der Waals surface area contributed by atoms with Crippen molar-refractivity contribution in [1.82, 2.24) is 29.9 Å². The van der Waals surface area contributed by atoms with E-state index in [0.717, 1.165) is 44.0 Å². The first kappa shape index (κ1) is 47.8. The van der Waals surface area contributed by atoms with E-state index in [1.807, 2.05) is 41.5 Å². The Kier molecular flexibility index (Phi) is 13.8. The summed E-state index contributed by atoms with van der Waals surface area (Å²) in [5, 5.41) is 4.44. The van der Waals surface area contributed by atoms with Crippen molar-refractivity contribution in [2.75, 3.05) is 10.0 Å². The van der Waals surface area contributed by atoms with Crippen LogP contribution in [0.1, 0.15) is 73.8 Å². The van der Waals surface area contributed by atoms with Crippen molar-refractivity contribution in [1.29, 1.82) is 0 Å². The van der Waals surface area contributed by atoms with Crippen molar-refractivity contribution in [2.24, 2.45) is 0 Å². The van der Waals surface area contributed by atoms with E-state index in [2.05, 4.69) is 92.3 Å². The molecule has 8 nitrogen and oxygen atoms in total. The number of halogens is 7. The summed E-state index contributed by atoms with van der Waals surface area (Å²) in [7, 11) is -1.94. The van der Waals surface area contributed by atoms with Gasteiger partial charge in [-0.05, 0) is 111 Å². The average molecular weight is 1090 g/mol. The molecule has 0 fully saturated rings. The lowest BCUT2D eigenvalue weighted by atomic mass is 10.1. The van der Waals surface area contributed by atoms with E-state index in [9.17, 15) is 26.3 Å². The van der Waals surface area contributed by atoms with E-state index in [-0.39, 0.29) is 23.0 Å². The summed E-state index contributed by atoms with van der Waals surface area (Å²) in [5.74, 6) is 0.294. The zero-order valence-corrected chi connectivity index (χ0v) is 42.1. The number of fused-ring (bicyclic) bond motifs is 2. The number of anilines is 4. The second kappa shape index (κ2) is 19.1. The normalized spacial score (nSPS) is 12.6. The number of hydrazine groups is 1. The minimum absolute atomic E-state index is 0.145. The smallest absolute Gasteiger partial charge is 0.235 e. The fourth-order valence-electron chi connectivity index (χ4n) is 8.54. The SMILES string of the molecule is CC(C)[Si](Sc1ccccc1Cc1nc2c(N(c3ccc(C(F)(F)F)cc3)N(c3ccc(C(F)(F)F)cc3)c3ncnc4sc(Cc5ccccc5I)nc34)ncnc2s1)(C(C)C)C(C)C. The molecule has 0 aliphatic rings. The van der Waals surface area contributed by atoms with Crippen molar-refractivity contribution in [3.63, 3.8) is 0 Å². The molecule has 4 aromatic heterocycles. The van der Waals surface area contributed by atoms with Crippen molar-refractivity contribution < 1.29 is 26.3 Å². The molecule has 0 bridgehead atoms. The molecule has 0 N–H and O–H groups in total. The maximum Gasteiger partial charge on any atom is 0.416 e. The maximum absolute atomic E-state index is 14.1. The van der Waals surface area contributed by atoms with Gasteiger partial charge in [0.1, 0.15) is 50.6 Å². The van der Waals surface area contributed by atoms with Gasteiger partial charge in [-0.25, -0.2) is 39.9 Å². The fraction of sp³-hybridized carbons (Fsp3) is 0.277. The maximum atomic E-state index is 14.1. The first-order valence-corrected chi connectivity index (χ1v) is 27.5. The van der Waals surface area contributed by atoms with Gasteiger partial charge in [0.2, 0.25) is 0 Å². The number of thiazole rings is 2. The highest BCUT2D eigenvalue weighted by Gasteiger charge is 2.44. The molecule has 0 spiro atoms. The Morgan fingerprint density at radius 1 is 0.561 bits per heavy atom. The van der Waals surface area contributed by atoms with Crippen LogP contribution in [0.4, 0.5) is 49.4 Å². The molecule has 0 amide bonds. The second-order valence-electron chi connectivity index (χ2n) is 16.6. The molecule has 8 aromatic rings. The van der Waals surface area contributed by atoms with Gasteiger partial charge in [0, 0.05) is 21.3 Å². The van der Waals surface area contributed by atoms with Gasteiger partial charge in [-0.3, -0.25) is 0 Å². The summed E-state index contributed by atoms with van der Waals surface area (Å²) in [6, 6.07) is 25.1. The number of nitrogens with zero attached hydrogens (tertiary/aromatic N) is 8. The van der Waals surface area contributed by atoms with E-state index in [4.69, 9.17) is 19.9 Å². The molecule has 342 valence electrons. The molecular formula is C47H43F6IN8S3Si. The van der Waals surface area contributed by atoms with Crippen molar-refractivity contribution in [2.45, 2.75) is 88.3 Å². The van der Waals surface area contributed by atoms with E-state index in [1.54, 1.807) is 0 Å². The molecule has 0 unspecified atom stereocenters. The topological polar surface area (TPSA) is 83.8 Å². The third-order valence-corrected chi connectivity index (χ3v) is 26.9. The van der Waals surface area contributed by atoms with Gasteiger partial charge < -0.3 is 0 Å². The number of hydrogen-bond acceptors (Lipinski definition) is 11. The predicted octanol–water partition coefficient (Wildman–Crippen LogP) is 15.5. The second-order valence-corrected chi connectivity index (χ2v) is 28.4. The number of hydrogen-bond donors (Lipinski definition) is 0. The van der Waals surface area contributed by atoms with Crippen molar-refractivity contribution in [3.05, 3.63) is 146 Å². The van der Waals surface area contributed by atoms with E-state index < -0.39 is 30.7 Å². The van der Waals surface area contributed by atoms with E-state index >= 15 is 0 Å². The number of rotatable bonds is 14. The number of aromatic nitrogens is 6. The van der Waals surface area contributed by atoms with Gasteiger partial charge in [0.05, 0.1) is 22.5 Å². The van der Waals surface area contributed by atoms with Crippen molar-refractivity contribution in [3.8, 4) is 0 Å². The van der Waals surface area contributed by atoms with Crippen LogP contribution < -0.4 is 10.0 Å². The molecule has 0 aliphatic carbocycles. The summed E-state index contributed by atoms with van der Waals surface area (Å²) in [6.07, 6.45) is -5.68. The van der Waals surface area contributed by atoms with E-state index in [1.165, 1.54) is 74.5 Å². The van der Waals surface area contributed by atoms with Crippen LogP contribution in [0, 0.1) is 3.57 Å². The molecular weight excluding hydrogens is 1040 g/mol. The quantitative estimate of drug-likeness (QED) is 0.0457. The largest absolute Gasteiger partial charge is 0.416 e. The highest BCUT2D eigenvalue weighted by molar-refractivity contribution is 14.1. The van der Waals surface area contributed by atoms with Gasteiger partial charge >= 0.3 is 12.4 Å². The van der Waals surface area contributed by atoms with Crippen LogP contribution in [-0.2, 0) is 25.2 Å². The van der Waals surface area contributed by atoms with Crippen LogP contribution in [0.15, 0.2) is 115 Å². The molecule has 0 radical (unpaired) electrons. The third kappa shape index (κ3) is 9.68. The zero-order valence-electron chi connectivity index (χ0n) is 36.5. The summed E-state index contributed by atoms with van der Waals surface area (Å²) in [4.78, 5) is 30.9. The lowest BCUT2D eigenvalue weighted by Crippen LogP contribution is -2.41. The van der Waals surface area contributed by atoms with Gasteiger partial charge in [-0.15, -0.1) is 11.2 Å². The monoisotopic (exact) mass is 1080 g/mol. The molecule has 0 saturated carbocycles. The molecule has 0 aliphatic heterocycles. The van der Waals surface area contributed by atoms with Gasteiger partial charge in [0.15, 0.2) is 11.6 Å². The standard InChI is InChI=1S/C47H43F6IN8S3Si/c1-27(2)66(28(3)4,29(5)6)65-37-14-10-8-12-31(37)24-39-60-41-43(56-26-58-45(41)64-39)62(35-21-17-33(18-22-35)47(51,52)53)61(34-19-15-32(16-20-34)46(48,49)50)42-40-44(57-25-55-42)63-38(59-40)23-30-11-7-9-13-36(30)54/h7-22,25-29H,23-24H2,1-6H3. The molecule has 0 saturated heterocycles. The molecule has 0 atom stereocenters. The van der Waals surface area contributed by atoms with Crippen LogP contribution in [-0.4, -0.2) is 37.1 Å². The van der Waals surface area contributed by atoms with Crippen LogP contribution >= 0.6 is 56.5 Å². The highest BCUT2D eigenvalue weighted by atomic mass is 127. The summed E-state index contributed by atoms with van der Waals surface area (Å²) in [6.45, 7) is 14.0. The molecule has 8 rings (SSSR count). The fourth-order valence-corrected chi connectivity index (χ4v) is 20.3. The number of benzene rings is 4. The Balaban J connectivity index is 1.31. The first-order valence-electron chi connectivity index (χ1n) is 21.0. The van der Waals surface area contributed by atoms with Crippen LogP contribution in [0.2, 0.25) is 16.6 Å². The van der Waals surface area contributed by atoms with Crippen LogP contribution in [0.3, 0.4) is 0 Å². The molecule has 19 heteroatoms. The zero-order chi connectivity index (χ0) is 47.1. The lowest BCUT2D eigenvalue weighted by molar-refractivity contribution is -0.138. The van der Waals surface area contributed by atoms with Crippen LogP contribution in [0.25, 0.3) is 20.7 Å². The predicted molar refractivity (Wildman–Crippen MR) is 266 cm³/mol. The summed E-state index contributed by atoms with van der Waals surface area (Å²) >= 11 is 7.00. The molecule has 4 aromatic carbocycles. The molecule has 4 heterocycles. The Bertz CT molecular complexity index is 2960. The third-order valence-electron chi connectivity index (χ3n) is 11.5. The minimum atomic E-state index is -4.65. The van der Waals surface area contributed by atoms with Crippen LogP contribution in [0.5, 0.6) is 0 Å². The number of alkyl halides is 6. The van der Waals surface area contributed by atoms with Gasteiger partial charge in [0.25, 0.3) is 0 Å². The first-order chi connectivity index (χ1) is 31.3. The van der Waals surface area contributed by atoms with Crippen molar-refractivity contribution >= 4 is 107 Å². The lowest BCUT2D eigenvalue weighted by Gasteiger charge is -2.42. The summed E-state index contributed by atoms with van der Waals surface area (Å²) in [5.41, 5.74) is 2.90. The van der Waals surface area contributed by atoms with Gasteiger partial charge in [-0.1, -0.05) is 101 Å². The Hall–Kier alpha value is -4.70. The Morgan fingerprint density at radius 2 is 0.970 bits per heavy atom. The summed E-state index contributed by atoms with van der Waals surface area (Å²) < 4.78 is 85.5. The minimum Gasteiger partial charge on any atom is -0.235 e. The Labute approximate surface area is 404 Å². The van der Waals surface area contributed by atoms with E-state index in [0.29, 0.717) is 55.2 Å². The highest BCUT2D eigenvalue weighted by Crippen LogP contribution is 2.53. The average Bonchev–Trinajstić information content (AvgIpc) is 3.89.